The lowest BCUT2D eigenvalue weighted by Gasteiger charge is -2.37. The minimum Gasteiger partial charge on any atom is -0.388 e. The van der Waals surface area contributed by atoms with E-state index in [-0.39, 0.29) is 11.9 Å². The molecule has 1 saturated carbocycles. The van der Waals surface area contributed by atoms with Crippen molar-refractivity contribution in [3.8, 4) is 11.3 Å². The van der Waals surface area contributed by atoms with Gasteiger partial charge in [-0.05, 0) is 69.0 Å². The van der Waals surface area contributed by atoms with Crippen molar-refractivity contribution >= 4 is 27.7 Å². The van der Waals surface area contributed by atoms with Gasteiger partial charge >= 0.3 is 0 Å². The Hall–Kier alpha value is -4.11. The van der Waals surface area contributed by atoms with Gasteiger partial charge in [-0.1, -0.05) is 0 Å². The van der Waals surface area contributed by atoms with E-state index in [1.54, 1.807) is 30.9 Å². The SMILES string of the molecule is Cc1cc(-c2n[nH]c3ccc(C(=O)N[C@H]4CCC[C@@](O)(Cn5ncc6ccncc65)C4)cc23)ccn1. The monoisotopic (exact) mass is 481 g/mol. The number of aliphatic hydroxyl groups is 1. The third-order valence-electron chi connectivity index (χ3n) is 7.04. The van der Waals surface area contributed by atoms with Gasteiger partial charge < -0.3 is 10.4 Å². The molecule has 182 valence electrons. The number of aromatic amines is 1. The topological polar surface area (TPSA) is 122 Å². The Labute approximate surface area is 207 Å². The molecule has 3 N–H and O–H groups in total. The fourth-order valence-corrected chi connectivity index (χ4v) is 5.26. The molecule has 0 spiro atoms. The molecule has 1 aliphatic rings. The molecule has 1 fully saturated rings. The zero-order chi connectivity index (χ0) is 24.7. The maximum absolute atomic E-state index is 13.2. The lowest BCUT2D eigenvalue weighted by atomic mass is 9.81. The van der Waals surface area contributed by atoms with E-state index in [0.29, 0.717) is 24.9 Å². The molecule has 6 rings (SSSR count). The number of hydrogen-bond donors (Lipinski definition) is 3. The van der Waals surface area contributed by atoms with Gasteiger partial charge in [0.1, 0.15) is 5.69 Å². The average Bonchev–Trinajstić information content (AvgIpc) is 3.48. The van der Waals surface area contributed by atoms with Crippen LogP contribution in [0.5, 0.6) is 0 Å². The first kappa shape index (κ1) is 22.4. The number of benzene rings is 1. The highest BCUT2D eigenvalue weighted by Gasteiger charge is 2.36. The molecule has 1 aromatic carbocycles. The number of pyridine rings is 2. The van der Waals surface area contributed by atoms with Crippen molar-refractivity contribution < 1.29 is 9.90 Å². The lowest BCUT2D eigenvalue weighted by molar-refractivity contribution is -0.0227. The van der Waals surface area contributed by atoms with Crippen LogP contribution in [0.1, 0.15) is 41.7 Å². The van der Waals surface area contributed by atoms with Crippen molar-refractivity contribution in [2.24, 2.45) is 0 Å². The van der Waals surface area contributed by atoms with E-state index in [0.717, 1.165) is 51.6 Å². The summed E-state index contributed by atoms with van der Waals surface area (Å²) in [5.74, 6) is -0.155. The molecule has 1 amide bonds. The third kappa shape index (κ3) is 4.22. The van der Waals surface area contributed by atoms with E-state index in [9.17, 15) is 9.90 Å². The van der Waals surface area contributed by atoms with Crippen molar-refractivity contribution in [3.05, 3.63) is 72.4 Å². The molecule has 4 aromatic heterocycles. The Morgan fingerprint density at radius 3 is 3.03 bits per heavy atom. The van der Waals surface area contributed by atoms with Gasteiger partial charge in [0.2, 0.25) is 0 Å². The number of carbonyl (C=O) groups is 1. The summed E-state index contributed by atoms with van der Waals surface area (Å²) in [6.07, 6.45) is 9.83. The number of nitrogens with zero attached hydrogens (tertiary/aromatic N) is 5. The number of aromatic nitrogens is 6. The van der Waals surface area contributed by atoms with E-state index in [4.69, 9.17) is 0 Å². The molecule has 2 atom stereocenters. The van der Waals surface area contributed by atoms with Gasteiger partial charge in [-0.25, -0.2) is 0 Å². The number of hydrogen-bond acceptors (Lipinski definition) is 6. The Morgan fingerprint density at radius 2 is 2.14 bits per heavy atom. The first-order valence-corrected chi connectivity index (χ1v) is 12.2. The summed E-state index contributed by atoms with van der Waals surface area (Å²) in [6, 6.07) is 11.2. The van der Waals surface area contributed by atoms with E-state index >= 15 is 0 Å². The van der Waals surface area contributed by atoms with Crippen LogP contribution < -0.4 is 5.32 Å². The Morgan fingerprint density at radius 1 is 1.22 bits per heavy atom. The summed E-state index contributed by atoms with van der Waals surface area (Å²) in [7, 11) is 0. The number of carbonyl (C=O) groups excluding carboxylic acids is 1. The van der Waals surface area contributed by atoms with Crippen LogP contribution in [0, 0.1) is 6.92 Å². The van der Waals surface area contributed by atoms with Crippen molar-refractivity contribution in [2.75, 3.05) is 0 Å². The Kier molecular flexibility index (Phi) is 5.49. The fourth-order valence-electron chi connectivity index (χ4n) is 5.26. The molecule has 5 aromatic rings. The smallest absolute Gasteiger partial charge is 0.251 e. The second-order valence-corrected chi connectivity index (χ2v) is 9.75. The Balaban J connectivity index is 1.20. The molecule has 0 saturated heterocycles. The molecular weight excluding hydrogens is 454 g/mol. The first-order chi connectivity index (χ1) is 17.5. The number of nitrogens with one attached hydrogen (secondary N) is 2. The summed E-state index contributed by atoms with van der Waals surface area (Å²) in [5, 5.41) is 28.4. The molecule has 0 radical (unpaired) electrons. The second kappa shape index (κ2) is 8.83. The second-order valence-electron chi connectivity index (χ2n) is 9.75. The summed E-state index contributed by atoms with van der Waals surface area (Å²) < 4.78 is 1.81. The van der Waals surface area contributed by atoms with Gasteiger partial charge in [-0.3, -0.25) is 24.5 Å². The largest absolute Gasteiger partial charge is 0.388 e. The highest BCUT2D eigenvalue weighted by Crippen LogP contribution is 2.32. The van der Waals surface area contributed by atoms with E-state index in [2.05, 4.69) is 30.6 Å². The molecular formula is C27H27N7O2. The molecule has 0 bridgehead atoms. The van der Waals surface area contributed by atoms with Crippen LogP contribution in [0.15, 0.2) is 61.2 Å². The third-order valence-corrected chi connectivity index (χ3v) is 7.04. The van der Waals surface area contributed by atoms with Crippen LogP contribution in [-0.2, 0) is 6.54 Å². The predicted molar refractivity (Wildman–Crippen MR) is 136 cm³/mol. The normalized spacial score (nSPS) is 20.1. The van der Waals surface area contributed by atoms with Gasteiger partial charge in [0, 0.05) is 46.0 Å². The summed E-state index contributed by atoms with van der Waals surface area (Å²) in [5.41, 5.74) is 4.01. The van der Waals surface area contributed by atoms with Crippen LogP contribution in [0.3, 0.4) is 0 Å². The summed E-state index contributed by atoms with van der Waals surface area (Å²) >= 11 is 0. The standard InChI is InChI=1S/C27H27N7O2/c1-17-11-18(7-10-29-17)25-22-12-19(4-5-23(22)32-33-25)26(35)31-21-3-2-8-27(36,13-21)16-34-24-15-28-9-6-20(24)14-30-34/h4-7,9-12,14-15,21,36H,2-3,8,13,16H2,1H3,(H,31,35)(H,32,33)/t21-,27-/m0/s1. The van der Waals surface area contributed by atoms with Crippen molar-refractivity contribution in [1.82, 2.24) is 35.3 Å². The number of aryl methyl sites for hydroxylation is 1. The minimum absolute atomic E-state index is 0.126. The number of rotatable bonds is 5. The highest BCUT2D eigenvalue weighted by molar-refractivity contribution is 6.01. The number of H-pyrrole nitrogens is 1. The van der Waals surface area contributed by atoms with E-state index in [1.807, 2.05) is 41.9 Å². The van der Waals surface area contributed by atoms with Gasteiger partial charge in [-0.15, -0.1) is 0 Å². The maximum Gasteiger partial charge on any atom is 0.251 e. The van der Waals surface area contributed by atoms with Crippen molar-refractivity contribution in [1.29, 1.82) is 0 Å². The molecule has 9 heteroatoms. The van der Waals surface area contributed by atoms with E-state index in [1.165, 1.54) is 0 Å². The first-order valence-electron chi connectivity index (χ1n) is 12.2. The van der Waals surface area contributed by atoms with Crippen molar-refractivity contribution in [3.63, 3.8) is 0 Å². The summed E-state index contributed by atoms with van der Waals surface area (Å²) in [6.45, 7) is 2.30. The van der Waals surface area contributed by atoms with Gasteiger partial charge in [0.05, 0.1) is 35.6 Å². The summed E-state index contributed by atoms with van der Waals surface area (Å²) in [4.78, 5) is 21.7. The molecule has 4 heterocycles. The van der Waals surface area contributed by atoms with Crippen molar-refractivity contribution in [2.45, 2.75) is 50.8 Å². The minimum atomic E-state index is -0.953. The van der Waals surface area contributed by atoms with Crippen LogP contribution >= 0.6 is 0 Å². The molecule has 1 aliphatic carbocycles. The molecule has 9 nitrogen and oxygen atoms in total. The van der Waals surface area contributed by atoms with Gasteiger partial charge in [-0.2, -0.15) is 10.2 Å². The van der Waals surface area contributed by atoms with Crippen LogP contribution in [-0.4, -0.2) is 52.6 Å². The van der Waals surface area contributed by atoms with Gasteiger partial charge in [0.25, 0.3) is 5.91 Å². The predicted octanol–water partition coefficient (Wildman–Crippen LogP) is 3.78. The average molecular weight is 482 g/mol. The van der Waals surface area contributed by atoms with Gasteiger partial charge in [0.15, 0.2) is 0 Å². The zero-order valence-corrected chi connectivity index (χ0v) is 20.0. The van der Waals surface area contributed by atoms with Crippen LogP contribution in [0.4, 0.5) is 0 Å². The van der Waals surface area contributed by atoms with E-state index < -0.39 is 5.60 Å². The quantitative estimate of drug-likeness (QED) is 0.351. The molecule has 36 heavy (non-hydrogen) atoms. The molecule has 0 unspecified atom stereocenters. The van der Waals surface area contributed by atoms with Crippen LogP contribution in [0.25, 0.3) is 33.1 Å². The number of fused-ring (bicyclic) bond motifs is 2. The highest BCUT2D eigenvalue weighted by atomic mass is 16.3. The lowest BCUT2D eigenvalue weighted by Crippen LogP contribution is -2.47. The number of amides is 1. The Bertz CT molecular complexity index is 1570. The fraction of sp³-hybridized carbons (Fsp3) is 0.296. The maximum atomic E-state index is 13.2. The zero-order valence-electron chi connectivity index (χ0n) is 20.0. The van der Waals surface area contributed by atoms with Crippen LogP contribution in [0.2, 0.25) is 0 Å². The molecule has 0 aliphatic heterocycles.